The molecule has 1 aromatic rings. The fourth-order valence-corrected chi connectivity index (χ4v) is 3.41. The molecule has 0 bridgehead atoms. The van der Waals surface area contributed by atoms with Crippen molar-refractivity contribution in [3.63, 3.8) is 0 Å². The van der Waals surface area contributed by atoms with Crippen molar-refractivity contribution in [2.45, 2.75) is 26.4 Å². The predicted molar refractivity (Wildman–Crippen MR) is 81.5 cm³/mol. The Kier molecular flexibility index (Phi) is 6.21. The summed E-state index contributed by atoms with van der Waals surface area (Å²) in [6.07, 6.45) is 3.67. The van der Waals surface area contributed by atoms with Crippen LogP contribution in [-0.2, 0) is 4.74 Å². The molecule has 0 unspecified atom stereocenters. The van der Waals surface area contributed by atoms with Gasteiger partial charge in [-0.2, -0.15) is 0 Å². The number of pyridine rings is 1. The third kappa shape index (κ3) is 5.02. The third-order valence-corrected chi connectivity index (χ3v) is 5.46. The average Bonchev–Trinajstić information content (AvgIpc) is 2.29. The Balaban J connectivity index is 2.67. The van der Waals surface area contributed by atoms with Gasteiger partial charge in [-0.1, -0.05) is 26.1 Å². The Morgan fingerprint density at radius 1 is 1.44 bits per heavy atom. The van der Waals surface area contributed by atoms with Crippen molar-refractivity contribution in [2.75, 3.05) is 12.8 Å². The summed E-state index contributed by atoms with van der Waals surface area (Å²) in [6.45, 7) is 7.43. The number of hydrogen-bond donors (Lipinski definition) is 0. The first-order chi connectivity index (χ1) is 8.45. The average molecular weight is 304 g/mol. The number of hydrogen-bond acceptors (Lipinski definition) is 4. The molecule has 18 heavy (non-hydrogen) atoms. The molecule has 0 aliphatic heterocycles. The molecule has 1 aromatic heterocycles. The van der Waals surface area contributed by atoms with Crippen molar-refractivity contribution in [3.05, 3.63) is 18.3 Å². The van der Waals surface area contributed by atoms with Gasteiger partial charge in [0, 0.05) is 25.1 Å². The lowest BCUT2D eigenvalue weighted by Crippen LogP contribution is -2.46. The molecule has 0 amide bonds. The van der Waals surface area contributed by atoms with Crippen LogP contribution in [0.2, 0.25) is 13.1 Å². The normalized spacial score (nSPS) is 11.3. The maximum absolute atomic E-state index is 5.66. The van der Waals surface area contributed by atoms with E-state index in [9.17, 15) is 0 Å². The van der Waals surface area contributed by atoms with Crippen LogP contribution in [0.1, 0.15) is 13.3 Å². The highest BCUT2D eigenvalue weighted by atomic mass is 35.5. The van der Waals surface area contributed by atoms with Crippen molar-refractivity contribution in [1.29, 1.82) is 0 Å². The summed E-state index contributed by atoms with van der Waals surface area (Å²) in [6, 6.07) is 3.80. The van der Waals surface area contributed by atoms with Crippen LogP contribution in [0.15, 0.2) is 18.3 Å². The van der Waals surface area contributed by atoms with Gasteiger partial charge in [-0.15, -0.1) is 0 Å². The second-order valence-electron chi connectivity index (χ2n) is 4.66. The quantitative estimate of drug-likeness (QED) is 0.350. The highest BCUT2D eigenvalue weighted by Crippen LogP contribution is 2.09. The van der Waals surface area contributed by atoms with Crippen LogP contribution in [0, 0.1) is 0 Å². The molecule has 0 aliphatic carbocycles. The lowest BCUT2D eigenvalue weighted by Gasteiger charge is -2.22. The summed E-state index contributed by atoms with van der Waals surface area (Å²) in [5.41, 5.74) is 0. The molecule has 0 saturated carbocycles. The van der Waals surface area contributed by atoms with Crippen LogP contribution in [-0.4, -0.2) is 30.4 Å². The van der Waals surface area contributed by atoms with Gasteiger partial charge in [0.25, 0.3) is 4.51 Å². The Morgan fingerprint density at radius 3 is 2.67 bits per heavy atom. The first-order valence-electron chi connectivity index (χ1n) is 5.87. The molecular weight excluding hydrogens is 286 g/mol. The maximum atomic E-state index is 5.66. The molecule has 0 aromatic carbocycles. The van der Waals surface area contributed by atoms with E-state index in [1.165, 1.54) is 5.19 Å². The van der Waals surface area contributed by atoms with Gasteiger partial charge < -0.3 is 9.47 Å². The van der Waals surface area contributed by atoms with Gasteiger partial charge >= 0.3 is 0 Å². The maximum Gasteiger partial charge on any atom is 0.262 e. The first-order valence-corrected chi connectivity index (χ1v) is 9.86. The molecule has 100 valence electrons. The van der Waals surface area contributed by atoms with E-state index in [0.29, 0.717) is 5.88 Å². The first kappa shape index (κ1) is 15.6. The number of halogens is 1. The van der Waals surface area contributed by atoms with E-state index in [1.807, 2.05) is 12.3 Å². The van der Waals surface area contributed by atoms with Crippen molar-refractivity contribution < 1.29 is 9.47 Å². The summed E-state index contributed by atoms with van der Waals surface area (Å²) in [5, 5.41) is 1.23. The molecule has 3 nitrogen and oxygen atoms in total. The molecular formula is C12H18ClNO2SSi. The minimum atomic E-state index is -1.59. The smallest absolute Gasteiger partial charge is 0.262 e. The molecule has 1 heterocycles. The number of ether oxygens (including phenoxy) is 2. The van der Waals surface area contributed by atoms with Gasteiger partial charge in [-0.25, -0.2) is 4.98 Å². The number of rotatable bonds is 6. The van der Waals surface area contributed by atoms with E-state index < -0.39 is 8.07 Å². The molecule has 0 saturated heterocycles. The van der Waals surface area contributed by atoms with Crippen LogP contribution in [0.3, 0.4) is 0 Å². The fraction of sp³-hybridized carbons (Fsp3) is 0.500. The van der Waals surface area contributed by atoms with Gasteiger partial charge in [0.15, 0.2) is 0 Å². The Labute approximate surface area is 119 Å². The van der Waals surface area contributed by atoms with Gasteiger partial charge in [0.1, 0.15) is 8.07 Å². The summed E-state index contributed by atoms with van der Waals surface area (Å²) in [5.74, 6) is 0.429. The molecule has 0 atom stereocenters. The second kappa shape index (κ2) is 7.18. The van der Waals surface area contributed by atoms with E-state index in [4.69, 9.17) is 21.1 Å². The zero-order valence-electron chi connectivity index (χ0n) is 10.9. The molecule has 0 fully saturated rings. The molecule has 0 radical (unpaired) electrons. The molecule has 1 rings (SSSR count). The standard InChI is InChI=1S/C12H18ClNO2SSi/c1-4-7-15-9-18(2,3)10-5-6-11(14-8-10)16-12(13)17/h5-6,8H,4,7,9H2,1-3H3. The largest absolute Gasteiger partial charge is 0.417 e. The van der Waals surface area contributed by atoms with Crippen LogP contribution in [0.5, 0.6) is 5.88 Å². The molecule has 0 N–H and O–H groups in total. The highest BCUT2D eigenvalue weighted by molar-refractivity contribution is 7.82. The van der Waals surface area contributed by atoms with Crippen LogP contribution in [0.4, 0.5) is 0 Å². The number of thiocarbonyl (C=S) groups is 1. The second-order valence-corrected chi connectivity index (χ2v) is 10.2. The fourth-order valence-electron chi connectivity index (χ4n) is 1.48. The Bertz CT molecular complexity index is 398. The third-order valence-electron chi connectivity index (χ3n) is 2.51. The molecule has 0 aliphatic rings. The van der Waals surface area contributed by atoms with Crippen LogP contribution in [0.25, 0.3) is 0 Å². The monoisotopic (exact) mass is 303 g/mol. The zero-order valence-corrected chi connectivity index (χ0v) is 13.5. The lowest BCUT2D eigenvalue weighted by molar-refractivity contribution is 0.174. The van der Waals surface area contributed by atoms with E-state index in [1.54, 1.807) is 6.07 Å². The Morgan fingerprint density at radius 2 is 2.17 bits per heavy atom. The zero-order chi connectivity index (χ0) is 13.6. The summed E-state index contributed by atoms with van der Waals surface area (Å²) in [4.78, 5) is 4.20. The number of nitrogens with zero attached hydrogens (tertiary/aromatic N) is 1. The van der Waals surface area contributed by atoms with Crippen molar-refractivity contribution in [1.82, 2.24) is 4.98 Å². The highest BCUT2D eigenvalue weighted by Gasteiger charge is 2.24. The van der Waals surface area contributed by atoms with Gasteiger partial charge in [-0.3, -0.25) is 0 Å². The van der Waals surface area contributed by atoms with Crippen LogP contribution < -0.4 is 9.92 Å². The molecule has 6 heteroatoms. The minimum absolute atomic E-state index is 0.0435. The van der Waals surface area contributed by atoms with E-state index in [-0.39, 0.29) is 4.51 Å². The SMILES string of the molecule is CCCOC[Si](C)(C)c1ccc(OC(=S)Cl)nc1. The summed E-state index contributed by atoms with van der Waals surface area (Å²) in [7, 11) is -1.59. The van der Waals surface area contributed by atoms with Crippen LogP contribution >= 0.6 is 23.8 Å². The van der Waals surface area contributed by atoms with Gasteiger partial charge in [0.05, 0.1) is 0 Å². The van der Waals surface area contributed by atoms with Crippen molar-refractivity contribution in [3.8, 4) is 5.88 Å². The minimum Gasteiger partial charge on any atom is -0.417 e. The Hall–Kier alpha value is -0.493. The van der Waals surface area contributed by atoms with E-state index in [2.05, 4.69) is 37.2 Å². The molecule has 0 spiro atoms. The van der Waals surface area contributed by atoms with Gasteiger partial charge in [0.2, 0.25) is 5.88 Å². The van der Waals surface area contributed by atoms with Crippen molar-refractivity contribution >= 4 is 41.6 Å². The van der Waals surface area contributed by atoms with Gasteiger partial charge in [-0.05, 0) is 35.4 Å². The number of aromatic nitrogens is 1. The predicted octanol–water partition coefficient (Wildman–Crippen LogP) is 2.87. The van der Waals surface area contributed by atoms with E-state index >= 15 is 0 Å². The van der Waals surface area contributed by atoms with E-state index in [0.717, 1.165) is 19.3 Å². The topological polar surface area (TPSA) is 31.4 Å². The lowest BCUT2D eigenvalue weighted by atomic mass is 10.5. The summed E-state index contributed by atoms with van der Waals surface area (Å²) >= 11 is 10.1. The van der Waals surface area contributed by atoms with Crippen molar-refractivity contribution in [2.24, 2.45) is 0 Å². The summed E-state index contributed by atoms with van der Waals surface area (Å²) < 4.78 is 10.7.